The molecule has 2 aliphatic carbocycles. The molecule has 0 bridgehead atoms. The minimum atomic E-state index is -2.95. The van der Waals surface area contributed by atoms with E-state index in [2.05, 4.69) is 249 Å². The highest BCUT2D eigenvalue weighted by atomic mass is 28.3. The van der Waals surface area contributed by atoms with Crippen molar-refractivity contribution in [2.24, 2.45) is 0 Å². The summed E-state index contributed by atoms with van der Waals surface area (Å²) in [6.45, 7) is 11.5. The fourth-order valence-corrected chi connectivity index (χ4v) is 15.5. The number of benzene rings is 7. The summed E-state index contributed by atoms with van der Waals surface area (Å²) < 4.78 is 4.94. The van der Waals surface area contributed by atoms with Gasteiger partial charge < -0.3 is 9.13 Å². The first-order valence-electron chi connectivity index (χ1n) is 21.8. The van der Waals surface area contributed by atoms with E-state index in [1.165, 1.54) is 70.8 Å². The summed E-state index contributed by atoms with van der Waals surface area (Å²) >= 11 is 0. The first-order chi connectivity index (χ1) is 30.4. The second-order valence-electron chi connectivity index (χ2n) is 17.2. The van der Waals surface area contributed by atoms with E-state index in [-0.39, 0.29) is 5.41 Å². The standard InChI is InChI=1S/C59H48N2Si/c1-5-6-30-54-41(2)48-37-36-47(40-56(48)60(54)42-21-11-7-12-22-42)62(44-23-13-8-14-24-44,45-25-15-9-16-26-45)46-34-32-43(33-35-46)61-55-31-18-10-17-27-49(55)50-38-39-53-57(58(50)61)51-28-19-20-29-52(51)59(53,3)4/h5-9,11-40H,2,10H2,1,3-4H3/b6-5-,54-30+. The Hall–Kier alpha value is -7.20. The van der Waals surface area contributed by atoms with Crippen LogP contribution in [0.2, 0.25) is 0 Å². The first-order valence-corrected chi connectivity index (χ1v) is 23.8. The van der Waals surface area contributed by atoms with Gasteiger partial charge in [-0.05, 0) is 93.3 Å². The lowest BCUT2D eigenvalue weighted by Gasteiger charge is -2.34. The minimum Gasteiger partial charge on any atom is -0.309 e. The van der Waals surface area contributed by atoms with Crippen molar-refractivity contribution >= 4 is 75.4 Å². The molecule has 0 saturated carbocycles. The fourth-order valence-electron chi connectivity index (χ4n) is 10.7. The van der Waals surface area contributed by atoms with Crippen LogP contribution in [-0.2, 0) is 5.41 Å². The molecule has 62 heavy (non-hydrogen) atoms. The maximum Gasteiger partial charge on any atom is 0.179 e. The molecule has 9 aromatic rings. The smallest absolute Gasteiger partial charge is 0.179 e. The number of nitrogens with zero attached hydrogens (tertiary/aromatic N) is 2. The van der Waals surface area contributed by atoms with Gasteiger partial charge >= 0.3 is 0 Å². The Morgan fingerprint density at radius 2 is 1.18 bits per heavy atom. The Morgan fingerprint density at radius 1 is 0.581 bits per heavy atom. The highest BCUT2D eigenvalue weighted by molar-refractivity contribution is 7.20. The average molecular weight is 813 g/mol. The van der Waals surface area contributed by atoms with E-state index >= 15 is 0 Å². The van der Waals surface area contributed by atoms with Crippen LogP contribution >= 0.6 is 0 Å². The largest absolute Gasteiger partial charge is 0.309 e. The zero-order valence-electron chi connectivity index (χ0n) is 35.5. The molecule has 3 heteroatoms. The minimum absolute atomic E-state index is 0.0969. The lowest BCUT2D eigenvalue weighted by molar-refractivity contribution is 0.661. The molecular formula is C59H48N2Si. The van der Waals surface area contributed by atoms with Gasteiger partial charge in [0.05, 0.1) is 22.1 Å². The summed E-state index contributed by atoms with van der Waals surface area (Å²) in [6, 6.07) is 63.9. The third-order valence-corrected chi connectivity index (χ3v) is 18.3. The molecule has 2 aliphatic rings. The Morgan fingerprint density at radius 3 is 1.89 bits per heavy atom. The van der Waals surface area contributed by atoms with Crippen molar-refractivity contribution < 1.29 is 0 Å². The number of fused-ring (bicyclic) bond motifs is 8. The van der Waals surface area contributed by atoms with E-state index in [4.69, 9.17) is 0 Å². The normalized spacial score (nSPS) is 14.4. The van der Waals surface area contributed by atoms with Crippen molar-refractivity contribution in [2.45, 2.75) is 32.6 Å². The van der Waals surface area contributed by atoms with Gasteiger partial charge in [0.1, 0.15) is 0 Å². The van der Waals surface area contributed by atoms with Crippen LogP contribution in [0, 0.1) is 0 Å². The van der Waals surface area contributed by atoms with Gasteiger partial charge in [-0.3, -0.25) is 0 Å². The fraction of sp³-hybridized carbons (Fsp3) is 0.0847. The van der Waals surface area contributed by atoms with E-state index in [0.29, 0.717) is 0 Å². The van der Waals surface area contributed by atoms with Gasteiger partial charge in [-0.2, -0.15) is 0 Å². The topological polar surface area (TPSA) is 9.86 Å². The second-order valence-corrected chi connectivity index (χ2v) is 21.0. The molecule has 0 aliphatic heterocycles. The Bertz CT molecular complexity index is 3360. The molecule has 0 saturated heterocycles. The summed E-state index contributed by atoms with van der Waals surface area (Å²) in [5.41, 5.74) is 12.6. The summed E-state index contributed by atoms with van der Waals surface area (Å²) in [5.74, 6) is 0. The third kappa shape index (κ3) is 5.55. The predicted molar refractivity (Wildman–Crippen MR) is 268 cm³/mol. The molecule has 0 spiro atoms. The van der Waals surface area contributed by atoms with Gasteiger partial charge in [0, 0.05) is 43.9 Å². The zero-order valence-corrected chi connectivity index (χ0v) is 36.5. The average Bonchev–Trinajstić information content (AvgIpc) is 3.77. The Kier molecular flexibility index (Phi) is 8.99. The summed E-state index contributed by atoms with van der Waals surface area (Å²) in [6.07, 6.45) is 16.6. The van der Waals surface area contributed by atoms with Crippen LogP contribution in [0.15, 0.2) is 194 Å². The lowest BCUT2D eigenvalue weighted by atomic mass is 9.82. The van der Waals surface area contributed by atoms with Crippen molar-refractivity contribution in [3.8, 4) is 22.5 Å². The first kappa shape index (κ1) is 37.8. The third-order valence-electron chi connectivity index (χ3n) is 13.6. The Balaban J connectivity index is 1.20. The zero-order chi connectivity index (χ0) is 42.0. The van der Waals surface area contributed by atoms with Gasteiger partial charge in [-0.1, -0.05) is 190 Å². The molecule has 0 radical (unpaired) electrons. The molecule has 0 unspecified atom stereocenters. The van der Waals surface area contributed by atoms with Crippen molar-refractivity contribution in [2.75, 3.05) is 0 Å². The van der Waals surface area contributed by atoms with Crippen molar-refractivity contribution in [1.82, 2.24) is 9.13 Å². The maximum absolute atomic E-state index is 4.66. The van der Waals surface area contributed by atoms with Gasteiger partial charge in [0.2, 0.25) is 0 Å². The molecule has 0 amide bonds. The van der Waals surface area contributed by atoms with Crippen molar-refractivity contribution in [3.63, 3.8) is 0 Å². The van der Waals surface area contributed by atoms with Crippen LogP contribution < -0.4 is 31.3 Å². The van der Waals surface area contributed by atoms with Gasteiger partial charge in [0.15, 0.2) is 8.07 Å². The number of hydrogen-bond acceptors (Lipinski definition) is 0. The van der Waals surface area contributed by atoms with E-state index < -0.39 is 8.07 Å². The van der Waals surface area contributed by atoms with Gasteiger partial charge in [0.25, 0.3) is 0 Å². The highest BCUT2D eigenvalue weighted by Crippen LogP contribution is 2.52. The van der Waals surface area contributed by atoms with Crippen LogP contribution in [-0.4, -0.2) is 17.2 Å². The van der Waals surface area contributed by atoms with E-state index in [1.807, 2.05) is 0 Å². The molecule has 0 fully saturated rings. The summed E-state index contributed by atoms with van der Waals surface area (Å²) in [7, 11) is -2.95. The SMILES string of the molecule is C=c1/c(=C\C=C/C)n(-c2ccccc2)c2cc([Si](c3ccccc3)(c3ccccc3)c3ccc(-n4c5c(c6ccc7c(c64)-c4ccccc4C7(C)C)C=CCC=C5)cc3)ccc12. The van der Waals surface area contributed by atoms with E-state index in [1.54, 1.807) is 0 Å². The van der Waals surface area contributed by atoms with Crippen LogP contribution in [0.3, 0.4) is 0 Å². The molecular weight excluding hydrogens is 765 g/mol. The number of hydrogen-bond donors (Lipinski definition) is 0. The molecule has 2 heterocycles. The molecule has 0 N–H and O–H groups in total. The highest BCUT2D eigenvalue weighted by Gasteiger charge is 2.42. The van der Waals surface area contributed by atoms with Crippen molar-refractivity contribution in [1.29, 1.82) is 0 Å². The van der Waals surface area contributed by atoms with Gasteiger partial charge in [-0.15, -0.1) is 0 Å². The summed E-state index contributed by atoms with van der Waals surface area (Å²) in [4.78, 5) is 0. The molecule has 7 aromatic carbocycles. The van der Waals surface area contributed by atoms with Crippen LogP contribution in [0.1, 0.15) is 49.6 Å². The molecule has 11 rings (SSSR count). The van der Waals surface area contributed by atoms with E-state index in [0.717, 1.165) is 33.6 Å². The lowest BCUT2D eigenvalue weighted by Crippen LogP contribution is -2.74. The second kappa shape index (κ2) is 14.8. The van der Waals surface area contributed by atoms with Crippen LogP contribution in [0.4, 0.5) is 0 Å². The van der Waals surface area contributed by atoms with Crippen LogP contribution in [0.25, 0.3) is 69.1 Å². The predicted octanol–water partition coefficient (Wildman–Crippen LogP) is 10.5. The van der Waals surface area contributed by atoms with Crippen molar-refractivity contribution in [3.05, 3.63) is 227 Å². The molecule has 0 atom stereocenters. The molecule has 2 nitrogen and oxygen atoms in total. The Labute approximate surface area is 365 Å². The summed E-state index contributed by atoms with van der Waals surface area (Å²) in [5, 5.41) is 9.93. The number of para-hydroxylation sites is 1. The molecule has 2 aromatic heterocycles. The van der Waals surface area contributed by atoms with Crippen LogP contribution in [0.5, 0.6) is 0 Å². The number of allylic oxidation sites excluding steroid dienone is 4. The maximum atomic E-state index is 4.66. The molecule has 298 valence electrons. The quantitative estimate of drug-likeness (QED) is 0.112. The number of rotatable bonds is 7. The number of aromatic nitrogens is 2. The van der Waals surface area contributed by atoms with Gasteiger partial charge in [-0.25, -0.2) is 0 Å². The van der Waals surface area contributed by atoms with E-state index in [9.17, 15) is 0 Å². The monoisotopic (exact) mass is 812 g/mol.